The molecule has 2 atom stereocenters. The van der Waals surface area contributed by atoms with Crippen molar-refractivity contribution in [3.63, 3.8) is 0 Å². The molecule has 28 heavy (non-hydrogen) atoms. The predicted octanol–water partition coefficient (Wildman–Crippen LogP) is -1.41. The molecule has 0 bridgehead atoms. The normalized spacial score (nSPS) is 12.5. The van der Waals surface area contributed by atoms with Crippen LogP contribution in [0.4, 0.5) is 11.4 Å². The second-order valence-corrected chi connectivity index (χ2v) is 5.89. The fourth-order valence-corrected chi connectivity index (χ4v) is 2.52. The minimum absolute atomic E-state index is 0. The minimum Gasteiger partial charge on any atom is -1.00 e. The van der Waals surface area contributed by atoms with Gasteiger partial charge in [-0.25, -0.2) is 0 Å². The van der Waals surface area contributed by atoms with E-state index >= 15 is 0 Å². The van der Waals surface area contributed by atoms with E-state index in [9.17, 15) is 5.21 Å². The lowest BCUT2D eigenvalue weighted by molar-refractivity contribution is -1.50. The molecule has 3 N–H and O–H groups in total. The Kier molecular flexibility index (Phi) is 9.18. The summed E-state index contributed by atoms with van der Waals surface area (Å²) in [6.07, 6.45) is 0.579. The van der Waals surface area contributed by atoms with Gasteiger partial charge in [-0.3, -0.25) is 4.84 Å². The molecule has 3 rings (SSSR count). The molecule has 7 heteroatoms. The summed E-state index contributed by atoms with van der Waals surface area (Å²) in [6, 6.07) is 25.5. The fraction of sp³-hybridized carbons (Fsp3) is 0.143. The number of aliphatic hydroxyl groups excluding tert-OH is 1. The Labute approximate surface area is 181 Å². The van der Waals surface area contributed by atoms with Crippen LogP contribution in [0.15, 0.2) is 84.9 Å². The lowest BCUT2D eigenvalue weighted by Gasteiger charge is -2.27. The van der Waals surface area contributed by atoms with Crippen molar-refractivity contribution in [2.45, 2.75) is 6.42 Å². The Morgan fingerprint density at radius 2 is 1.29 bits per heavy atom. The molecule has 0 fully saturated rings. The zero-order chi connectivity index (χ0) is 18.9. The van der Waals surface area contributed by atoms with Crippen molar-refractivity contribution in [2.75, 3.05) is 13.2 Å². The lowest BCUT2D eigenvalue weighted by Crippen LogP contribution is -3.54. The third-order valence-corrected chi connectivity index (χ3v) is 3.89. The summed E-state index contributed by atoms with van der Waals surface area (Å²) < 4.78 is 5.52. The second kappa shape index (κ2) is 11.6. The van der Waals surface area contributed by atoms with Crippen molar-refractivity contribution in [3.8, 4) is 11.5 Å². The highest BCUT2D eigenvalue weighted by atomic mass is 127. The first-order chi connectivity index (χ1) is 13.3. The third kappa shape index (κ3) is 6.18. The number of hydrogen-bond acceptors (Lipinski definition) is 4. The number of aliphatic hydroxyl groups is 1. The largest absolute Gasteiger partial charge is 1.00 e. The Morgan fingerprint density at radius 1 is 0.750 bits per heavy atom. The topological polar surface area (TPSA) is 70.6 Å². The maximum atomic E-state index is 13.0. The monoisotopic (exact) mass is 494 g/mol. The van der Waals surface area contributed by atoms with E-state index in [1.165, 1.54) is 0 Å². The van der Waals surface area contributed by atoms with Crippen LogP contribution in [0.1, 0.15) is 6.42 Å². The van der Waals surface area contributed by atoms with Gasteiger partial charge in [-0.15, -0.1) is 5.17 Å². The molecule has 0 saturated carbocycles. The van der Waals surface area contributed by atoms with Crippen molar-refractivity contribution in [2.24, 2.45) is 0 Å². The zero-order valence-corrected chi connectivity index (χ0v) is 17.4. The van der Waals surface area contributed by atoms with Crippen LogP contribution in [-0.4, -0.2) is 18.3 Å². The van der Waals surface area contributed by atoms with Gasteiger partial charge in [0, 0.05) is 42.5 Å². The van der Waals surface area contributed by atoms with Gasteiger partial charge in [-0.1, -0.05) is 36.4 Å². The maximum Gasteiger partial charge on any atom is 0.223 e. The van der Waals surface area contributed by atoms with Gasteiger partial charge in [-0.2, -0.15) is 0 Å². The summed E-state index contributed by atoms with van der Waals surface area (Å²) in [5.41, 5.74) is 1.29. The number of benzene rings is 3. The Hall–Kier alpha value is -2.17. The average Bonchev–Trinajstić information content (AvgIpc) is 2.74. The molecule has 3 aromatic carbocycles. The van der Waals surface area contributed by atoms with Gasteiger partial charge in [0.05, 0.1) is 6.61 Å². The van der Waals surface area contributed by atoms with E-state index < -0.39 is 0 Å². The van der Waals surface area contributed by atoms with E-state index in [0.717, 1.165) is 5.69 Å². The minimum atomic E-state index is -0.176. The van der Waals surface area contributed by atoms with E-state index in [-0.39, 0.29) is 40.9 Å². The molecule has 0 radical (unpaired) electrons. The van der Waals surface area contributed by atoms with Crippen molar-refractivity contribution >= 4 is 11.4 Å². The van der Waals surface area contributed by atoms with Gasteiger partial charge in [-0.05, 0) is 24.3 Å². The van der Waals surface area contributed by atoms with Crippen LogP contribution in [0.25, 0.3) is 0 Å². The van der Waals surface area contributed by atoms with Crippen molar-refractivity contribution in [1.82, 2.24) is 0 Å². The van der Waals surface area contributed by atoms with Crippen LogP contribution in [0.3, 0.4) is 0 Å². The van der Waals surface area contributed by atoms with Gasteiger partial charge in [0.2, 0.25) is 5.69 Å². The summed E-state index contributed by atoms with van der Waals surface area (Å²) in [5.74, 6) is 1.24. The molecule has 3 aromatic rings. The number of rotatable bonds is 9. The molecular weight excluding hydrogens is 471 g/mol. The fourth-order valence-electron chi connectivity index (χ4n) is 2.52. The quantitative estimate of drug-likeness (QED) is 0.194. The van der Waals surface area contributed by atoms with Crippen LogP contribution in [-0.2, 0) is 0 Å². The molecule has 0 aliphatic carbocycles. The van der Waals surface area contributed by atoms with E-state index in [2.05, 4.69) is 0 Å². The highest BCUT2D eigenvalue weighted by molar-refractivity contribution is 5.32. The maximum absolute atomic E-state index is 13.0. The first-order valence-electron chi connectivity index (χ1n) is 8.81. The van der Waals surface area contributed by atoms with E-state index in [4.69, 9.17) is 14.7 Å². The summed E-state index contributed by atoms with van der Waals surface area (Å²) in [6.45, 7) is 0.544. The molecule has 0 aliphatic rings. The Morgan fingerprint density at radius 3 is 1.86 bits per heavy atom. The first-order valence-corrected chi connectivity index (χ1v) is 8.81. The van der Waals surface area contributed by atoms with E-state index in [1.54, 1.807) is 36.4 Å². The first kappa shape index (κ1) is 22.1. The molecule has 148 valence electrons. The number of ether oxygens (including phenoxy) is 1. The SMILES string of the molecule is [I-].[O-][NH+](c1ccccc1)[NH+](Oc1ccc(OCCCO)cc1)c1ccccc1. The van der Waals surface area contributed by atoms with Crippen LogP contribution in [0.5, 0.6) is 11.5 Å². The smallest absolute Gasteiger partial charge is 0.223 e. The van der Waals surface area contributed by atoms with Crippen LogP contribution >= 0.6 is 0 Å². The van der Waals surface area contributed by atoms with Gasteiger partial charge in [0.15, 0.2) is 11.4 Å². The van der Waals surface area contributed by atoms with Crippen molar-refractivity contribution < 1.29 is 49.0 Å². The highest BCUT2D eigenvalue weighted by Gasteiger charge is 2.23. The number of halogens is 1. The number of nitrogens with one attached hydrogen (secondary N) is 2. The number of quaternary nitrogens is 2. The summed E-state index contributed by atoms with van der Waals surface area (Å²) >= 11 is 0. The molecule has 0 spiro atoms. The Balaban J connectivity index is 0.00000280. The van der Waals surface area contributed by atoms with Gasteiger partial charge in [0.1, 0.15) is 5.75 Å². The van der Waals surface area contributed by atoms with Gasteiger partial charge in [0.25, 0.3) is 0 Å². The summed E-state index contributed by atoms with van der Waals surface area (Å²) in [7, 11) is 0. The van der Waals surface area contributed by atoms with E-state index in [1.807, 2.05) is 48.5 Å². The summed E-state index contributed by atoms with van der Waals surface area (Å²) in [5, 5.41) is 21.9. The molecule has 0 saturated heterocycles. The molecular formula is C21H23IN2O4. The average molecular weight is 494 g/mol. The standard InChI is InChI=1S/C21H23N2O4.HI/c24-16-7-17-26-20-12-14-21(15-13-20)27-23(19-10-5-2-6-11-19)22(25)18-8-3-1-4-9-18;/h1-6,8-15,22-24H,7,16-17H2;1H/q+1;/p-1. The second-order valence-electron chi connectivity index (χ2n) is 5.89. The van der Waals surface area contributed by atoms with Crippen molar-refractivity contribution in [3.05, 3.63) is 90.1 Å². The van der Waals surface area contributed by atoms with Crippen LogP contribution in [0.2, 0.25) is 0 Å². The van der Waals surface area contributed by atoms with Gasteiger partial charge < -0.3 is 39.0 Å². The predicted molar refractivity (Wildman–Crippen MR) is 102 cm³/mol. The summed E-state index contributed by atoms with van der Waals surface area (Å²) in [4.78, 5) is 5.97. The molecule has 6 nitrogen and oxygen atoms in total. The Bertz CT molecular complexity index is 804. The van der Waals surface area contributed by atoms with Crippen LogP contribution in [0, 0.1) is 5.21 Å². The molecule has 0 aromatic heterocycles. The van der Waals surface area contributed by atoms with Gasteiger partial charge >= 0.3 is 0 Å². The van der Waals surface area contributed by atoms with E-state index in [0.29, 0.717) is 30.2 Å². The molecule has 0 heterocycles. The molecule has 0 aliphatic heterocycles. The van der Waals surface area contributed by atoms with Crippen molar-refractivity contribution in [1.29, 1.82) is 0 Å². The lowest BCUT2D eigenvalue weighted by atomic mass is 10.3. The molecule has 2 unspecified atom stereocenters. The van der Waals surface area contributed by atoms with Crippen LogP contribution < -0.4 is 43.9 Å². The zero-order valence-electron chi connectivity index (χ0n) is 15.3. The number of hydrogen-bond donors (Lipinski definition) is 3. The highest BCUT2D eigenvalue weighted by Crippen LogP contribution is 2.17. The third-order valence-electron chi connectivity index (χ3n) is 3.89. The number of para-hydroxylation sites is 2. The molecule has 0 amide bonds.